The van der Waals surface area contributed by atoms with Crippen LogP contribution in [0.25, 0.3) is 0 Å². The first-order valence-electron chi connectivity index (χ1n) is 6.53. The minimum Gasteiger partial charge on any atom is -0.490 e. The van der Waals surface area contributed by atoms with Crippen LogP contribution in [-0.4, -0.2) is 29.8 Å². The van der Waals surface area contributed by atoms with Crippen LogP contribution in [0.2, 0.25) is 0 Å². The van der Waals surface area contributed by atoms with Gasteiger partial charge in [-0.05, 0) is 13.5 Å². The van der Waals surface area contributed by atoms with E-state index in [0.717, 1.165) is 0 Å². The van der Waals surface area contributed by atoms with Gasteiger partial charge in [0.25, 0.3) is 0 Å². The number of alkyl halides is 3. The lowest BCUT2D eigenvalue weighted by Crippen LogP contribution is -2.14. The minimum absolute atomic E-state index is 0.000605. The Balaban J connectivity index is 2.64. The molecule has 0 saturated carbocycles. The lowest BCUT2D eigenvalue weighted by Gasteiger charge is -2.13. The molecule has 0 bridgehead atoms. The average molecular weight is 291 g/mol. The molecule has 0 aliphatic rings. The lowest BCUT2D eigenvalue weighted by molar-refractivity contribution is -0.136. The molecule has 4 nitrogen and oxygen atoms in total. The maximum Gasteiger partial charge on any atom is 0.389 e. The van der Waals surface area contributed by atoms with Crippen LogP contribution in [0.15, 0.2) is 6.20 Å². The molecule has 1 aromatic heterocycles. The molecule has 114 valence electrons. The first-order chi connectivity index (χ1) is 9.33. The molecule has 1 aromatic rings. The summed E-state index contributed by atoms with van der Waals surface area (Å²) >= 11 is 0. The average Bonchev–Trinajstić information content (AvgIpc) is 2.35. The van der Waals surface area contributed by atoms with Gasteiger partial charge in [-0.25, -0.2) is 9.97 Å². The zero-order chi connectivity index (χ0) is 15.2. The first kappa shape index (κ1) is 16.7. The summed E-state index contributed by atoms with van der Waals surface area (Å²) in [7, 11) is 1.77. The van der Waals surface area contributed by atoms with Crippen molar-refractivity contribution in [2.24, 2.45) is 0 Å². The van der Waals surface area contributed by atoms with Crippen molar-refractivity contribution in [3.63, 3.8) is 0 Å². The van der Waals surface area contributed by atoms with Gasteiger partial charge in [0.2, 0.25) is 0 Å². The Hall–Kier alpha value is -1.37. The number of nitrogens with zero attached hydrogens (tertiary/aromatic N) is 2. The molecule has 1 heterocycles. The topological polar surface area (TPSA) is 47.0 Å². The number of nitrogens with one attached hydrogen (secondary N) is 1. The van der Waals surface area contributed by atoms with Crippen LogP contribution in [0.5, 0.6) is 5.75 Å². The first-order valence-corrected chi connectivity index (χ1v) is 6.53. The molecule has 0 spiro atoms. The quantitative estimate of drug-likeness (QED) is 0.784. The zero-order valence-corrected chi connectivity index (χ0v) is 11.9. The molecular formula is C13H20F3N3O. The van der Waals surface area contributed by atoms with Crippen LogP contribution < -0.4 is 10.1 Å². The standard InChI is InChI=1S/C13H20F3N3O/c1-9(2)12-18-8-11(10(19-12)7-17-3)20-6-4-5-13(14,15)16/h8-9,17H,4-7H2,1-3H3. The summed E-state index contributed by atoms with van der Waals surface area (Å²) in [5.41, 5.74) is 0.665. The van der Waals surface area contributed by atoms with Gasteiger partial charge in [-0.15, -0.1) is 0 Å². The van der Waals surface area contributed by atoms with E-state index in [0.29, 0.717) is 23.8 Å². The van der Waals surface area contributed by atoms with E-state index >= 15 is 0 Å². The summed E-state index contributed by atoms with van der Waals surface area (Å²) in [6, 6.07) is 0. The molecule has 0 fully saturated rings. The van der Waals surface area contributed by atoms with Crippen molar-refractivity contribution >= 4 is 0 Å². The molecule has 7 heteroatoms. The second-order valence-electron chi connectivity index (χ2n) is 4.79. The highest BCUT2D eigenvalue weighted by Crippen LogP contribution is 2.22. The Morgan fingerprint density at radius 1 is 1.35 bits per heavy atom. The molecule has 1 rings (SSSR count). The summed E-state index contributed by atoms with van der Waals surface area (Å²) in [6.07, 6.45) is -3.54. The molecule has 1 N–H and O–H groups in total. The van der Waals surface area contributed by atoms with Gasteiger partial charge in [0.05, 0.1) is 18.5 Å². The van der Waals surface area contributed by atoms with E-state index in [1.54, 1.807) is 7.05 Å². The maximum absolute atomic E-state index is 12.0. The van der Waals surface area contributed by atoms with Crippen LogP contribution in [0.3, 0.4) is 0 Å². The Morgan fingerprint density at radius 2 is 2.05 bits per heavy atom. The molecule has 0 aliphatic heterocycles. The normalized spacial score (nSPS) is 11.9. The number of ether oxygens (including phenoxy) is 1. The van der Waals surface area contributed by atoms with E-state index in [1.807, 2.05) is 13.8 Å². The lowest BCUT2D eigenvalue weighted by atomic mass is 10.2. The predicted molar refractivity (Wildman–Crippen MR) is 69.7 cm³/mol. The molecule has 0 atom stereocenters. The van der Waals surface area contributed by atoms with E-state index in [2.05, 4.69) is 15.3 Å². The highest BCUT2D eigenvalue weighted by atomic mass is 19.4. The molecule has 0 amide bonds. The fourth-order valence-electron chi connectivity index (χ4n) is 1.57. The Bertz CT molecular complexity index is 422. The highest BCUT2D eigenvalue weighted by molar-refractivity contribution is 5.25. The number of hydrogen-bond acceptors (Lipinski definition) is 4. The van der Waals surface area contributed by atoms with Gasteiger partial charge in [-0.1, -0.05) is 13.8 Å². The molecule has 0 saturated heterocycles. The van der Waals surface area contributed by atoms with Gasteiger partial charge in [-0.3, -0.25) is 0 Å². The van der Waals surface area contributed by atoms with Gasteiger partial charge in [-0.2, -0.15) is 13.2 Å². The van der Waals surface area contributed by atoms with Crippen LogP contribution in [-0.2, 0) is 6.54 Å². The Labute approximate surface area is 116 Å². The summed E-state index contributed by atoms with van der Waals surface area (Å²) < 4.78 is 41.5. The molecule has 0 radical (unpaired) electrons. The monoisotopic (exact) mass is 291 g/mol. The van der Waals surface area contributed by atoms with E-state index in [9.17, 15) is 13.2 Å². The van der Waals surface area contributed by atoms with Crippen LogP contribution in [0.4, 0.5) is 13.2 Å². The maximum atomic E-state index is 12.0. The van der Waals surface area contributed by atoms with Crippen LogP contribution >= 0.6 is 0 Å². The molecule has 0 aromatic carbocycles. The van der Waals surface area contributed by atoms with Gasteiger partial charge in [0.15, 0.2) is 5.75 Å². The number of aromatic nitrogens is 2. The van der Waals surface area contributed by atoms with Crippen molar-refractivity contribution in [1.29, 1.82) is 0 Å². The smallest absolute Gasteiger partial charge is 0.389 e. The number of rotatable bonds is 7. The van der Waals surface area contributed by atoms with Gasteiger partial charge >= 0.3 is 6.18 Å². The number of hydrogen-bond donors (Lipinski definition) is 1. The second-order valence-corrected chi connectivity index (χ2v) is 4.79. The zero-order valence-electron chi connectivity index (χ0n) is 11.9. The van der Waals surface area contributed by atoms with Crippen molar-refractivity contribution < 1.29 is 17.9 Å². The highest BCUT2D eigenvalue weighted by Gasteiger charge is 2.26. The Morgan fingerprint density at radius 3 is 2.60 bits per heavy atom. The third-order valence-electron chi connectivity index (χ3n) is 2.57. The van der Waals surface area contributed by atoms with Crippen LogP contribution in [0, 0.1) is 0 Å². The number of halogens is 3. The molecule has 0 aliphatic carbocycles. The Kier molecular flexibility index (Phi) is 6.19. The van der Waals surface area contributed by atoms with Gasteiger partial charge in [0.1, 0.15) is 5.82 Å². The molecule has 0 unspecified atom stereocenters. The third kappa shape index (κ3) is 5.73. The second kappa shape index (κ2) is 7.42. The van der Waals surface area contributed by atoms with E-state index in [4.69, 9.17) is 4.74 Å². The van der Waals surface area contributed by atoms with Crippen molar-refractivity contribution in [2.45, 2.75) is 45.3 Å². The molecule has 20 heavy (non-hydrogen) atoms. The summed E-state index contributed by atoms with van der Waals surface area (Å²) in [5, 5.41) is 2.95. The van der Waals surface area contributed by atoms with Crippen molar-refractivity contribution in [1.82, 2.24) is 15.3 Å². The minimum atomic E-state index is -4.14. The van der Waals surface area contributed by atoms with Crippen LogP contribution in [0.1, 0.15) is 44.1 Å². The van der Waals surface area contributed by atoms with Crippen molar-refractivity contribution in [3.05, 3.63) is 17.7 Å². The summed E-state index contributed by atoms with van der Waals surface area (Å²) in [6.45, 7) is 4.43. The predicted octanol–water partition coefficient (Wildman–Crippen LogP) is 3.04. The largest absolute Gasteiger partial charge is 0.490 e. The summed E-state index contributed by atoms with van der Waals surface area (Å²) in [4.78, 5) is 8.53. The fraction of sp³-hybridized carbons (Fsp3) is 0.692. The third-order valence-corrected chi connectivity index (χ3v) is 2.57. The SMILES string of the molecule is CNCc1nc(C(C)C)ncc1OCCCC(F)(F)F. The fourth-order valence-corrected chi connectivity index (χ4v) is 1.57. The van der Waals surface area contributed by atoms with Crippen molar-refractivity contribution in [2.75, 3.05) is 13.7 Å². The van der Waals surface area contributed by atoms with E-state index in [1.165, 1.54) is 6.20 Å². The van der Waals surface area contributed by atoms with Gasteiger partial charge in [0, 0.05) is 18.9 Å². The van der Waals surface area contributed by atoms with E-state index < -0.39 is 12.6 Å². The molecular weight excluding hydrogens is 271 g/mol. The van der Waals surface area contributed by atoms with Gasteiger partial charge < -0.3 is 10.1 Å². The summed E-state index contributed by atoms with van der Waals surface area (Å²) in [5.74, 6) is 1.31. The van der Waals surface area contributed by atoms with Crippen molar-refractivity contribution in [3.8, 4) is 5.75 Å². The van der Waals surface area contributed by atoms with E-state index in [-0.39, 0.29) is 18.9 Å².